The molecule has 24 heavy (non-hydrogen) atoms. The summed E-state index contributed by atoms with van der Waals surface area (Å²) >= 11 is 0. The molecule has 1 aromatic carbocycles. The quantitative estimate of drug-likeness (QED) is 0.880. The Labute approximate surface area is 150 Å². The third-order valence-electron chi connectivity index (χ3n) is 5.08. The van der Waals surface area contributed by atoms with Gasteiger partial charge in [0.15, 0.2) is 11.5 Å². The van der Waals surface area contributed by atoms with Gasteiger partial charge in [-0.1, -0.05) is 0 Å². The van der Waals surface area contributed by atoms with Crippen molar-refractivity contribution < 1.29 is 14.2 Å². The fourth-order valence-corrected chi connectivity index (χ4v) is 3.60. The first-order chi connectivity index (χ1) is 11.3. The number of hydrogen-bond acceptors (Lipinski definition) is 5. The Hall–Kier alpha value is -1.17. The lowest BCUT2D eigenvalue weighted by Gasteiger charge is -2.32. The lowest BCUT2D eigenvalue weighted by atomic mass is 10.0. The van der Waals surface area contributed by atoms with E-state index in [2.05, 4.69) is 22.3 Å². The van der Waals surface area contributed by atoms with Crippen LogP contribution in [-0.2, 0) is 6.54 Å². The molecule has 1 saturated heterocycles. The van der Waals surface area contributed by atoms with Gasteiger partial charge in [0, 0.05) is 18.6 Å². The van der Waals surface area contributed by atoms with E-state index in [0.717, 1.165) is 29.8 Å². The molecule has 5 nitrogen and oxygen atoms in total. The summed E-state index contributed by atoms with van der Waals surface area (Å²) in [7, 11) is 1.68. The lowest BCUT2D eigenvalue weighted by Crippen LogP contribution is -2.43. The van der Waals surface area contributed by atoms with Crippen LogP contribution in [-0.4, -0.2) is 50.4 Å². The van der Waals surface area contributed by atoms with Crippen LogP contribution in [0.25, 0.3) is 0 Å². The predicted octanol–water partition coefficient (Wildman–Crippen LogP) is 2.60. The fraction of sp³-hybridized carbons (Fsp3) is 0.667. The van der Waals surface area contributed by atoms with Crippen molar-refractivity contribution in [2.24, 2.45) is 0 Å². The summed E-state index contributed by atoms with van der Waals surface area (Å²) < 4.78 is 16.8. The van der Waals surface area contributed by atoms with Gasteiger partial charge in [-0.3, -0.25) is 0 Å². The van der Waals surface area contributed by atoms with E-state index in [0.29, 0.717) is 19.3 Å². The van der Waals surface area contributed by atoms with E-state index >= 15 is 0 Å². The van der Waals surface area contributed by atoms with Crippen molar-refractivity contribution in [1.82, 2.24) is 10.2 Å². The molecule has 0 amide bonds. The molecule has 1 saturated carbocycles. The number of ether oxygens (including phenoxy) is 3. The molecule has 1 N–H and O–H groups in total. The lowest BCUT2D eigenvalue weighted by molar-refractivity contribution is 0.164. The van der Waals surface area contributed by atoms with Gasteiger partial charge in [0.1, 0.15) is 13.2 Å². The maximum absolute atomic E-state index is 5.71. The number of rotatable bonds is 5. The molecule has 0 bridgehead atoms. The zero-order chi connectivity index (χ0) is 15.6. The van der Waals surface area contributed by atoms with E-state index < -0.39 is 0 Å². The number of likely N-dealkylation sites (tertiary alicyclic amines) is 1. The SMILES string of the molecule is COc1cc(CNC2CCN(C3CC3)CC2)cc2c1OCCO2.Cl. The number of piperidine rings is 1. The third kappa shape index (κ3) is 3.90. The summed E-state index contributed by atoms with van der Waals surface area (Å²) in [6.07, 6.45) is 5.32. The average Bonchev–Trinajstić information content (AvgIpc) is 3.45. The van der Waals surface area contributed by atoms with E-state index in [1.54, 1.807) is 7.11 Å². The fourth-order valence-electron chi connectivity index (χ4n) is 3.60. The first kappa shape index (κ1) is 17.6. The smallest absolute Gasteiger partial charge is 0.203 e. The molecule has 6 heteroatoms. The van der Waals surface area contributed by atoms with Crippen molar-refractivity contribution in [3.8, 4) is 17.2 Å². The highest BCUT2D eigenvalue weighted by molar-refractivity contribution is 5.85. The second-order valence-corrected chi connectivity index (χ2v) is 6.74. The van der Waals surface area contributed by atoms with Crippen LogP contribution in [0, 0.1) is 0 Å². The summed E-state index contributed by atoms with van der Waals surface area (Å²) in [5, 5.41) is 3.70. The first-order valence-corrected chi connectivity index (χ1v) is 8.77. The molecule has 0 atom stereocenters. The number of nitrogens with one attached hydrogen (secondary N) is 1. The summed E-state index contributed by atoms with van der Waals surface area (Å²) in [6.45, 7) is 4.52. The van der Waals surface area contributed by atoms with Gasteiger partial charge >= 0.3 is 0 Å². The summed E-state index contributed by atoms with van der Waals surface area (Å²) in [5.74, 6) is 2.30. The highest BCUT2D eigenvalue weighted by Crippen LogP contribution is 2.40. The Morgan fingerprint density at radius 2 is 1.88 bits per heavy atom. The van der Waals surface area contributed by atoms with Crippen molar-refractivity contribution in [2.45, 2.75) is 44.3 Å². The molecule has 2 fully saturated rings. The third-order valence-corrected chi connectivity index (χ3v) is 5.08. The van der Waals surface area contributed by atoms with Crippen LogP contribution < -0.4 is 19.5 Å². The van der Waals surface area contributed by atoms with Crippen molar-refractivity contribution >= 4 is 12.4 Å². The minimum atomic E-state index is 0. The Kier molecular flexibility index (Phi) is 5.74. The van der Waals surface area contributed by atoms with Crippen LogP contribution in [0.15, 0.2) is 12.1 Å². The molecule has 0 spiro atoms. The summed E-state index contributed by atoms with van der Waals surface area (Å²) in [6, 6.07) is 5.64. The molecular formula is C18H27ClN2O3. The number of halogens is 1. The predicted molar refractivity (Wildman–Crippen MR) is 95.7 cm³/mol. The molecule has 0 unspecified atom stereocenters. The van der Waals surface area contributed by atoms with Crippen molar-refractivity contribution in [2.75, 3.05) is 33.4 Å². The molecular weight excluding hydrogens is 328 g/mol. The standard InChI is InChI=1S/C18H26N2O3.ClH/c1-21-16-10-13(11-17-18(16)23-9-8-22-17)12-19-14-4-6-20(7-5-14)15-2-3-15;/h10-11,14-15,19H,2-9,12H2,1H3;1H. The van der Waals surface area contributed by atoms with Gasteiger partial charge in [0.2, 0.25) is 5.75 Å². The zero-order valence-corrected chi connectivity index (χ0v) is 15.1. The molecule has 2 aliphatic heterocycles. The molecule has 0 radical (unpaired) electrons. The van der Waals surface area contributed by atoms with Crippen molar-refractivity contribution in [3.05, 3.63) is 17.7 Å². The van der Waals surface area contributed by atoms with Gasteiger partial charge in [-0.05, 0) is 56.5 Å². The molecule has 1 aliphatic carbocycles. The highest BCUT2D eigenvalue weighted by atomic mass is 35.5. The van der Waals surface area contributed by atoms with Gasteiger partial charge in [-0.15, -0.1) is 12.4 Å². The molecule has 1 aromatic rings. The Bertz CT molecular complexity index is 540. The van der Waals surface area contributed by atoms with E-state index in [9.17, 15) is 0 Å². The topological polar surface area (TPSA) is 43.0 Å². The van der Waals surface area contributed by atoms with Gasteiger partial charge in [0.05, 0.1) is 7.11 Å². The maximum atomic E-state index is 5.71. The maximum Gasteiger partial charge on any atom is 0.203 e. The van der Waals surface area contributed by atoms with E-state index in [1.807, 2.05) is 0 Å². The number of fused-ring (bicyclic) bond motifs is 1. The highest BCUT2D eigenvalue weighted by Gasteiger charge is 2.31. The van der Waals surface area contributed by atoms with Gasteiger partial charge in [0.25, 0.3) is 0 Å². The summed E-state index contributed by atoms with van der Waals surface area (Å²) in [5.41, 5.74) is 1.19. The second kappa shape index (κ2) is 7.81. The van der Waals surface area contributed by atoms with Gasteiger partial charge in [-0.25, -0.2) is 0 Å². The Balaban J connectivity index is 0.00000169. The van der Waals surface area contributed by atoms with Crippen LogP contribution in [0.3, 0.4) is 0 Å². The van der Waals surface area contributed by atoms with E-state index in [-0.39, 0.29) is 12.4 Å². The van der Waals surface area contributed by atoms with E-state index in [4.69, 9.17) is 14.2 Å². The molecule has 4 rings (SSSR count). The molecule has 134 valence electrons. The monoisotopic (exact) mass is 354 g/mol. The minimum Gasteiger partial charge on any atom is -0.493 e. The molecule has 3 aliphatic rings. The Morgan fingerprint density at radius 1 is 1.12 bits per heavy atom. The Morgan fingerprint density at radius 3 is 2.58 bits per heavy atom. The van der Waals surface area contributed by atoms with Crippen molar-refractivity contribution in [1.29, 1.82) is 0 Å². The molecule has 0 aromatic heterocycles. The number of methoxy groups -OCH3 is 1. The van der Waals surface area contributed by atoms with Crippen LogP contribution in [0.5, 0.6) is 17.2 Å². The number of nitrogens with zero attached hydrogens (tertiary/aromatic N) is 1. The van der Waals surface area contributed by atoms with Crippen LogP contribution >= 0.6 is 12.4 Å². The zero-order valence-electron chi connectivity index (χ0n) is 14.3. The van der Waals surface area contributed by atoms with E-state index in [1.165, 1.54) is 44.3 Å². The normalized spacial score (nSPS) is 21.2. The summed E-state index contributed by atoms with van der Waals surface area (Å²) in [4.78, 5) is 2.66. The van der Waals surface area contributed by atoms with Crippen LogP contribution in [0.2, 0.25) is 0 Å². The largest absolute Gasteiger partial charge is 0.493 e. The average molecular weight is 355 g/mol. The van der Waals surface area contributed by atoms with Gasteiger partial charge < -0.3 is 24.4 Å². The minimum absolute atomic E-state index is 0. The van der Waals surface area contributed by atoms with Crippen LogP contribution in [0.1, 0.15) is 31.2 Å². The van der Waals surface area contributed by atoms with Crippen molar-refractivity contribution in [3.63, 3.8) is 0 Å². The number of hydrogen-bond donors (Lipinski definition) is 1. The van der Waals surface area contributed by atoms with Gasteiger partial charge in [-0.2, -0.15) is 0 Å². The molecule has 2 heterocycles. The first-order valence-electron chi connectivity index (χ1n) is 8.77. The van der Waals surface area contributed by atoms with Crippen LogP contribution in [0.4, 0.5) is 0 Å². The second-order valence-electron chi connectivity index (χ2n) is 6.74. The number of benzene rings is 1.